The van der Waals surface area contributed by atoms with Crippen LogP contribution in [0.2, 0.25) is 0 Å². The number of ether oxygens (including phenoxy) is 2. The number of rotatable bonds is 6. The van der Waals surface area contributed by atoms with Crippen LogP contribution in [0.15, 0.2) is 40.9 Å². The summed E-state index contributed by atoms with van der Waals surface area (Å²) in [5.41, 5.74) is 1.45. The number of hydrogen-bond acceptors (Lipinski definition) is 6. The second-order valence-corrected chi connectivity index (χ2v) is 4.59. The molecule has 0 radical (unpaired) electrons. The van der Waals surface area contributed by atoms with Gasteiger partial charge in [-0.3, -0.25) is 10.1 Å². The van der Waals surface area contributed by atoms with E-state index in [-0.39, 0.29) is 5.88 Å². The van der Waals surface area contributed by atoms with Crippen molar-refractivity contribution in [3.63, 3.8) is 0 Å². The largest absolute Gasteiger partial charge is 0.497 e. The lowest BCUT2D eigenvalue weighted by atomic mass is 10.2. The third-order valence-corrected chi connectivity index (χ3v) is 2.76. The second kappa shape index (κ2) is 7.79. The lowest BCUT2D eigenvalue weighted by Crippen LogP contribution is -2.19. The Kier molecular flexibility index (Phi) is 5.51. The number of carbonyl (C=O) groups is 2. The highest BCUT2D eigenvalue weighted by atomic mass is 16.5. The van der Waals surface area contributed by atoms with Gasteiger partial charge in [-0.05, 0) is 30.7 Å². The molecule has 0 spiro atoms. The highest BCUT2D eigenvalue weighted by molar-refractivity contribution is 5.93. The van der Waals surface area contributed by atoms with Crippen LogP contribution in [-0.2, 0) is 14.3 Å². The number of esters is 1. The van der Waals surface area contributed by atoms with E-state index in [1.165, 1.54) is 6.08 Å². The standard InChI is InChI=1S/C16H16N2O5/c1-11-9-15(23-18-11)17-14(19)10-22-16(20)8-5-12-3-6-13(21-2)7-4-12/h3-9H,10H2,1-2H3,(H,17,19)/b8-5+. The molecule has 0 saturated carbocycles. The minimum atomic E-state index is -0.621. The van der Waals surface area contributed by atoms with Gasteiger partial charge in [0, 0.05) is 12.1 Å². The number of amides is 1. The normalized spacial score (nSPS) is 10.5. The number of anilines is 1. The highest BCUT2D eigenvalue weighted by Crippen LogP contribution is 2.12. The molecule has 1 aromatic carbocycles. The van der Waals surface area contributed by atoms with Crippen LogP contribution in [0.1, 0.15) is 11.3 Å². The third-order valence-electron chi connectivity index (χ3n) is 2.76. The summed E-state index contributed by atoms with van der Waals surface area (Å²) in [4.78, 5) is 23.1. The first-order chi connectivity index (χ1) is 11.1. The number of carbonyl (C=O) groups excluding carboxylic acids is 2. The maximum atomic E-state index is 11.6. The molecule has 7 heteroatoms. The molecule has 1 N–H and O–H groups in total. The Morgan fingerprint density at radius 2 is 2.04 bits per heavy atom. The Balaban J connectivity index is 1.77. The second-order valence-electron chi connectivity index (χ2n) is 4.59. The molecule has 2 rings (SSSR count). The van der Waals surface area contributed by atoms with E-state index in [9.17, 15) is 9.59 Å². The molecule has 1 heterocycles. The number of hydrogen-bond donors (Lipinski definition) is 1. The molecule has 0 aliphatic rings. The van der Waals surface area contributed by atoms with E-state index >= 15 is 0 Å². The predicted molar refractivity (Wildman–Crippen MR) is 82.9 cm³/mol. The first-order valence-electron chi connectivity index (χ1n) is 6.79. The number of methoxy groups -OCH3 is 1. The molecule has 0 aliphatic heterocycles. The van der Waals surface area contributed by atoms with Gasteiger partial charge in [0.1, 0.15) is 5.75 Å². The molecule has 0 saturated heterocycles. The van der Waals surface area contributed by atoms with Crippen molar-refractivity contribution in [2.24, 2.45) is 0 Å². The van der Waals surface area contributed by atoms with E-state index in [0.29, 0.717) is 5.69 Å². The topological polar surface area (TPSA) is 90.7 Å². The summed E-state index contributed by atoms with van der Waals surface area (Å²) < 4.78 is 14.7. The Hall–Kier alpha value is -3.09. The van der Waals surface area contributed by atoms with E-state index in [4.69, 9.17) is 14.0 Å². The fraction of sp³-hybridized carbons (Fsp3) is 0.188. The first-order valence-corrected chi connectivity index (χ1v) is 6.79. The summed E-state index contributed by atoms with van der Waals surface area (Å²) in [6, 6.07) is 8.70. The molecule has 0 fully saturated rings. The van der Waals surface area contributed by atoms with Gasteiger partial charge in [-0.25, -0.2) is 4.79 Å². The summed E-state index contributed by atoms with van der Waals surface area (Å²) in [5, 5.41) is 6.04. The molecule has 1 amide bonds. The fourth-order valence-electron chi connectivity index (χ4n) is 1.66. The number of nitrogens with one attached hydrogen (secondary N) is 1. The van der Waals surface area contributed by atoms with Crippen LogP contribution in [0.4, 0.5) is 5.88 Å². The Morgan fingerprint density at radius 3 is 2.65 bits per heavy atom. The average molecular weight is 316 g/mol. The van der Waals surface area contributed by atoms with Crippen LogP contribution in [-0.4, -0.2) is 30.7 Å². The van der Waals surface area contributed by atoms with E-state index in [0.717, 1.165) is 11.3 Å². The highest BCUT2D eigenvalue weighted by Gasteiger charge is 2.08. The minimum absolute atomic E-state index is 0.206. The summed E-state index contributed by atoms with van der Waals surface area (Å²) >= 11 is 0. The van der Waals surface area contributed by atoms with Gasteiger partial charge in [0.05, 0.1) is 12.8 Å². The van der Waals surface area contributed by atoms with Gasteiger partial charge in [0.25, 0.3) is 5.91 Å². The van der Waals surface area contributed by atoms with Crippen molar-refractivity contribution < 1.29 is 23.6 Å². The monoisotopic (exact) mass is 316 g/mol. The van der Waals surface area contributed by atoms with E-state index in [2.05, 4.69) is 10.5 Å². The van der Waals surface area contributed by atoms with Crippen LogP contribution < -0.4 is 10.1 Å². The summed E-state index contributed by atoms with van der Waals surface area (Å²) in [5.74, 6) is -0.196. The smallest absolute Gasteiger partial charge is 0.331 e. The van der Waals surface area contributed by atoms with Gasteiger partial charge in [0.15, 0.2) is 6.61 Å². The molecule has 0 bridgehead atoms. The minimum Gasteiger partial charge on any atom is -0.497 e. The van der Waals surface area contributed by atoms with E-state index in [1.807, 2.05) is 0 Å². The Labute approximate surface area is 132 Å². The zero-order chi connectivity index (χ0) is 16.7. The lowest BCUT2D eigenvalue weighted by molar-refractivity contribution is -0.142. The van der Waals surface area contributed by atoms with Crippen molar-refractivity contribution in [2.75, 3.05) is 19.0 Å². The predicted octanol–water partition coefficient (Wildman–Crippen LogP) is 2.19. The van der Waals surface area contributed by atoms with Crippen LogP contribution >= 0.6 is 0 Å². The average Bonchev–Trinajstić information content (AvgIpc) is 2.96. The molecular weight excluding hydrogens is 300 g/mol. The molecule has 0 aliphatic carbocycles. The van der Waals surface area contributed by atoms with Gasteiger partial charge >= 0.3 is 5.97 Å². The molecule has 0 atom stereocenters. The van der Waals surface area contributed by atoms with Crippen molar-refractivity contribution in [1.29, 1.82) is 0 Å². The quantitative estimate of drug-likeness (QED) is 0.649. The summed E-state index contributed by atoms with van der Waals surface area (Å²) in [6.45, 7) is 1.31. The van der Waals surface area contributed by atoms with Crippen LogP contribution in [0.5, 0.6) is 5.75 Å². The Bertz CT molecular complexity index is 704. The molecular formula is C16H16N2O5. The van der Waals surface area contributed by atoms with Crippen molar-refractivity contribution in [2.45, 2.75) is 6.92 Å². The molecule has 1 aromatic heterocycles. The number of benzene rings is 1. The van der Waals surface area contributed by atoms with Crippen LogP contribution in [0, 0.1) is 6.92 Å². The van der Waals surface area contributed by atoms with Gasteiger partial charge in [-0.15, -0.1) is 0 Å². The molecule has 23 heavy (non-hydrogen) atoms. The van der Waals surface area contributed by atoms with E-state index < -0.39 is 18.5 Å². The van der Waals surface area contributed by atoms with Gasteiger partial charge in [0.2, 0.25) is 5.88 Å². The fourth-order valence-corrected chi connectivity index (χ4v) is 1.66. The van der Waals surface area contributed by atoms with Gasteiger partial charge in [-0.1, -0.05) is 17.3 Å². The molecule has 0 unspecified atom stereocenters. The van der Waals surface area contributed by atoms with E-state index in [1.54, 1.807) is 50.4 Å². The summed E-state index contributed by atoms with van der Waals surface area (Å²) in [6.07, 6.45) is 2.83. The molecule has 120 valence electrons. The van der Waals surface area contributed by atoms with Gasteiger partial charge in [-0.2, -0.15) is 0 Å². The Morgan fingerprint density at radius 1 is 1.30 bits per heavy atom. The lowest BCUT2D eigenvalue weighted by Gasteiger charge is -2.02. The van der Waals surface area contributed by atoms with Crippen molar-refractivity contribution >= 4 is 23.8 Å². The van der Waals surface area contributed by atoms with Gasteiger partial charge < -0.3 is 14.0 Å². The SMILES string of the molecule is COc1ccc(/C=C/C(=O)OCC(=O)Nc2cc(C)no2)cc1. The number of nitrogens with zero attached hydrogens (tertiary/aromatic N) is 1. The van der Waals surface area contributed by atoms with Crippen molar-refractivity contribution in [3.8, 4) is 5.75 Å². The maximum Gasteiger partial charge on any atom is 0.331 e. The van der Waals surface area contributed by atoms with Crippen molar-refractivity contribution in [1.82, 2.24) is 5.16 Å². The van der Waals surface area contributed by atoms with Crippen LogP contribution in [0.25, 0.3) is 6.08 Å². The molecule has 7 nitrogen and oxygen atoms in total. The van der Waals surface area contributed by atoms with Crippen LogP contribution in [0.3, 0.4) is 0 Å². The third kappa shape index (κ3) is 5.31. The summed E-state index contributed by atoms with van der Waals surface area (Å²) in [7, 11) is 1.58. The zero-order valence-electron chi connectivity index (χ0n) is 12.7. The number of aryl methyl sites for hydroxylation is 1. The first kappa shape index (κ1) is 16.3. The molecule has 2 aromatic rings. The maximum absolute atomic E-state index is 11.6. The van der Waals surface area contributed by atoms with Crippen molar-refractivity contribution in [3.05, 3.63) is 47.7 Å². The zero-order valence-corrected chi connectivity index (χ0v) is 12.7. The number of aromatic nitrogens is 1.